The molecule has 3 heterocycles. The Kier molecular flexibility index (Phi) is 7.98. The van der Waals surface area contributed by atoms with Crippen LogP contribution in [0.2, 0.25) is 0 Å². The van der Waals surface area contributed by atoms with Crippen molar-refractivity contribution < 1.29 is 19.1 Å². The number of esters is 1. The van der Waals surface area contributed by atoms with Crippen molar-refractivity contribution in [3.8, 4) is 11.6 Å². The van der Waals surface area contributed by atoms with Crippen LogP contribution in [0, 0.1) is 11.8 Å². The molecule has 182 valence electrons. The Bertz CT molecular complexity index is 965. The first kappa shape index (κ1) is 24.0. The third-order valence-electron chi connectivity index (χ3n) is 6.76. The maximum Gasteiger partial charge on any atom is 0.309 e. The quantitative estimate of drug-likeness (QED) is 0.573. The molecule has 0 saturated carbocycles. The molecule has 2 aliphatic heterocycles. The molecule has 1 aromatic heterocycles. The standard InChI is InChI=1S/C26H34N4O4/c1-3-19-5-7-22(8-6-19)34-24-23(27-13-14-28-24)29-15-9-20(10-16-29)25(31)30-17-11-21(12-18-30)26(32)33-4-2/h5-8,13-14,20-21H,3-4,9-12,15-18H2,1-2H3. The van der Waals surface area contributed by atoms with E-state index in [0.717, 1.165) is 38.1 Å². The van der Waals surface area contributed by atoms with Gasteiger partial charge in [0.15, 0.2) is 5.82 Å². The highest BCUT2D eigenvalue weighted by molar-refractivity contribution is 5.80. The van der Waals surface area contributed by atoms with E-state index in [1.165, 1.54) is 5.56 Å². The molecule has 1 amide bonds. The van der Waals surface area contributed by atoms with Crippen molar-refractivity contribution in [3.63, 3.8) is 0 Å². The topological polar surface area (TPSA) is 84.9 Å². The van der Waals surface area contributed by atoms with Crippen molar-refractivity contribution in [2.75, 3.05) is 37.7 Å². The number of hydrogen-bond acceptors (Lipinski definition) is 7. The number of carbonyl (C=O) groups excluding carboxylic acids is 2. The van der Waals surface area contributed by atoms with Crippen LogP contribution in [-0.2, 0) is 20.7 Å². The summed E-state index contributed by atoms with van der Waals surface area (Å²) in [7, 11) is 0. The van der Waals surface area contributed by atoms with Crippen LogP contribution in [0.3, 0.4) is 0 Å². The molecule has 8 nitrogen and oxygen atoms in total. The highest BCUT2D eigenvalue weighted by Gasteiger charge is 2.33. The van der Waals surface area contributed by atoms with E-state index in [9.17, 15) is 9.59 Å². The minimum absolute atomic E-state index is 0.00183. The molecule has 0 N–H and O–H groups in total. The molecule has 2 aliphatic rings. The molecule has 2 saturated heterocycles. The number of rotatable bonds is 7. The first-order valence-electron chi connectivity index (χ1n) is 12.4. The van der Waals surface area contributed by atoms with Crippen LogP contribution in [0.25, 0.3) is 0 Å². The first-order chi connectivity index (χ1) is 16.6. The highest BCUT2D eigenvalue weighted by Crippen LogP contribution is 2.32. The van der Waals surface area contributed by atoms with E-state index < -0.39 is 0 Å². The van der Waals surface area contributed by atoms with Crippen LogP contribution < -0.4 is 9.64 Å². The summed E-state index contributed by atoms with van der Waals surface area (Å²) in [5.74, 6) is 1.91. The largest absolute Gasteiger partial charge is 0.466 e. The SMILES string of the molecule is CCOC(=O)C1CCN(C(=O)C2CCN(c3nccnc3Oc3ccc(CC)cc3)CC2)CC1. The van der Waals surface area contributed by atoms with Gasteiger partial charge in [-0.2, -0.15) is 0 Å². The zero-order valence-electron chi connectivity index (χ0n) is 20.1. The highest BCUT2D eigenvalue weighted by atomic mass is 16.5. The number of aromatic nitrogens is 2. The van der Waals surface area contributed by atoms with E-state index >= 15 is 0 Å². The number of amides is 1. The van der Waals surface area contributed by atoms with E-state index in [1.54, 1.807) is 12.4 Å². The van der Waals surface area contributed by atoms with E-state index in [1.807, 2.05) is 24.0 Å². The van der Waals surface area contributed by atoms with Gasteiger partial charge >= 0.3 is 5.97 Å². The van der Waals surface area contributed by atoms with Gasteiger partial charge in [0.05, 0.1) is 12.5 Å². The van der Waals surface area contributed by atoms with E-state index in [0.29, 0.717) is 44.2 Å². The van der Waals surface area contributed by atoms with Gasteiger partial charge in [0.25, 0.3) is 5.88 Å². The maximum absolute atomic E-state index is 13.1. The lowest BCUT2D eigenvalue weighted by molar-refractivity contribution is -0.151. The molecular formula is C26H34N4O4. The fourth-order valence-electron chi connectivity index (χ4n) is 4.70. The number of carbonyl (C=O) groups is 2. The summed E-state index contributed by atoms with van der Waals surface area (Å²) in [5.41, 5.74) is 1.25. The summed E-state index contributed by atoms with van der Waals surface area (Å²) < 4.78 is 11.2. The Hall–Kier alpha value is -3.16. The predicted octanol–water partition coefficient (Wildman–Crippen LogP) is 3.85. The average Bonchev–Trinajstić information content (AvgIpc) is 2.89. The van der Waals surface area contributed by atoms with Crippen LogP contribution in [0.15, 0.2) is 36.7 Å². The lowest BCUT2D eigenvalue weighted by Crippen LogP contribution is -2.46. The van der Waals surface area contributed by atoms with Gasteiger partial charge in [0, 0.05) is 44.5 Å². The van der Waals surface area contributed by atoms with Crippen LogP contribution in [0.4, 0.5) is 5.82 Å². The Labute approximate surface area is 201 Å². The van der Waals surface area contributed by atoms with Crippen molar-refractivity contribution in [2.24, 2.45) is 11.8 Å². The number of hydrogen-bond donors (Lipinski definition) is 0. The third kappa shape index (κ3) is 5.66. The summed E-state index contributed by atoms with van der Waals surface area (Å²) in [6.07, 6.45) is 7.18. The minimum Gasteiger partial charge on any atom is -0.466 e. The monoisotopic (exact) mass is 466 g/mol. The zero-order valence-corrected chi connectivity index (χ0v) is 20.1. The van der Waals surface area contributed by atoms with Crippen molar-refractivity contribution in [1.82, 2.24) is 14.9 Å². The minimum atomic E-state index is -0.133. The van der Waals surface area contributed by atoms with E-state index in [4.69, 9.17) is 9.47 Å². The Morgan fingerprint density at radius 3 is 2.21 bits per heavy atom. The number of nitrogens with zero attached hydrogens (tertiary/aromatic N) is 4. The normalized spacial score (nSPS) is 17.5. The molecule has 0 bridgehead atoms. The van der Waals surface area contributed by atoms with Gasteiger partial charge in [0.1, 0.15) is 5.75 Å². The molecule has 0 aliphatic carbocycles. The van der Waals surface area contributed by atoms with Gasteiger partial charge in [-0.15, -0.1) is 0 Å². The van der Waals surface area contributed by atoms with Crippen LogP contribution in [-0.4, -0.2) is 59.5 Å². The zero-order chi connectivity index (χ0) is 23.9. The van der Waals surface area contributed by atoms with E-state index in [2.05, 4.69) is 33.9 Å². The van der Waals surface area contributed by atoms with Crippen molar-refractivity contribution >= 4 is 17.7 Å². The van der Waals surface area contributed by atoms with Gasteiger partial charge < -0.3 is 19.3 Å². The number of aryl methyl sites for hydroxylation is 1. The number of benzene rings is 1. The summed E-state index contributed by atoms with van der Waals surface area (Å²) in [4.78, 5) is 38.1. The number of ether oxygens (including phenoxy) is 2. The van der Waals surface area contributed by atoms with Crippen molar-refractivity contribution in [3.05, 3.63) is 42.2 Å². The van der Waals surface area contributed by atoms with Gasteiger partial charge in [-0.3, -0.25) is 9.59 Å². The van der Waals surface area contributed by atoms with Gasteiger partial charge in [-0.05, 0) is 56.7 Å². The fraction of sp³-hybridized carbons (Fsp3) is 0.538. The second-order valence-electron chi connectivity index (χ2n) is 8.90. The second kappa shape index (κ2) is 11.3. The third-order valence-corrected chi connectivity index (χ3v) is 6.76. The summed E-state index contributed by atoms with van der Waals surface area (Å²) >= 11 is 0. The predicted molar refractivity (Wildman–Crippen MR) is 129 cm³/mol. The van der Waals surface area contributed by atoms with Crippen LogP contribution >= 0.6 is 0 Å². The molecule has 1 aromatic carbocycles. The molecule has 0 spiro atoms. The van der Waals surface area contributed by atoms with Crippen molar-refractivity contribution in [2.45, 2.75) is 46.0 Å². The Morgan fingerprint density at radius 2 is 1.56 bits per heavy atom. The summed E-state index contributed by atoms with van der Waals surface area (Å²) in [5, 5.41) is 0. The molecule has 34 heavy (non-hydrogen) atoms. The number of likely N-dealkylation sites (tertiary alicyclic amines) is 1. The van der Waals surface area contributed by atoms with Crippen LogP contribution in [0.5, 0.6) is 11.6 Å². The number of anilines is 1. The molecule has 0 radical (unpaired) electrons. The fourth-order valence-corrected chi connectivity index (χ4v) is 4.70. The van der Waals surface area contributed by atoms with Gasteiger partial charge in [-0.1, -0.05) is 19.1 Å². The Balaban J connectivity index is 1.32. The van der Waals surface area contributed by atoms with E-state index in [-0.39, 0.29) is 23.7 Å². The van der Waals surface area contributed by atoms with Gasteiger partial charge in [-0.25, -0.2) is 9.97 Å². The molecule has 2 fully saturated rings. The average molecular weight is 467 g/mol. The lowest BCUT2D eigenvalue weighted by atomic mass is 9.92. The van der Waals surface area contributed by atoms with Crippen molar-refractivity contribution in [1.29, 1.82) is 0 Å². The molecule has 0 unspecified atom stereocenters. The summed E-state index contributed by atoms with van der Waals surface area (Å²) in [6.45, 7) is 7.04. The Morgan fingerprint density at radius 1 is 0.912 bits per heavy atom. The smallest absolute Gasteiger partial charge is 0.309 e. The second-order valence-corrected chi connectivity index (χ2v) is 8.90. The molecule has 0 atom stereocenters. The molecule has 2 aromatic rings. The van der Waals surface area contributed by atoms with Crippen LogP contribution in [0.1, 0.15) is 45.1 Å². The first-order valence-corrected chi connectivity index (χ1v) is 12.4. The number of piperidine rings is 2. The maximum atomic E-state index is 13.1. The van der Waals surface area contributed by atoms with Gasteiger partial charge in [0.2, 0.25) is 5.91 Å². The molecule has 8 heteroatoms. The molecule has 4 rings (SSSR count). The molecular weight excluding hydrogens is 432 g/mol. The summed E-state index contributed by atoms with van der Waals surface area (Å²) in [6, 6.07) is 8.01. The lowest BCUT2D eigenvalue weighted by Gasteiger charge is -2.37.